The van der Waals surface area contributed by atoms with Crippen molar-refractivity contribution < 1.29 is 0 Å². The van der Waals surface area contributed by atoms with Gasteiger partial charge in [-0.2, -0.15) is 0 Å². The zero-order valence-corrected chi connectivity index (χ0v) is 10.3. The first-order valence-electron chi connectivity index (χ1n) is 6.02. The molecule has 1 aliphatic heterocycles. The van der Waals surface area contributed by atoms with Gasteiger partial charge in [0.1, 0.15) is 18.0 Å². The molecule has 1 aromatic heterocycles. The van der Waals surface area contributed by atoms with Crippen LogP contribution in [0.2, 0.25) is 0 Å². The van der Waals surface area contributed by atoms with Gasteiger partial charge in [-0.05, 0) is 26.2 Å². The van der Waals surface area contributed by atoms with Gasteiger partial charge >= 0.3 is 0 Å². The van der Waals surface area contributed by atoms with Crippen LogP contribution in [0.5, 0.6) is 0 Å². The molecule has 0 saturated carbocycles. The first-order chi connectivity index (χ1) is 7.72. The number of nitrogens with zero attached hydrogens (tertiary/aromatic N) is 3. The number of rotatable bonds is 3. The number of nitrogens with one attached hydrogen (secondary N) is 1. The highest BCUT2D eigenvalue weighted by Gasteiger charge is 2.22. The molecule has 0 aromatic carbocycles. The lowest BCUT2D eigenvalue weighted by Gasteiger charge is -2.20. The molecule has 1 saturated heterocycles. The molecule has 0 bridgehead atoms. The third-order valence-corrected chi connectivity index (χ3v) is 3.13. The van der Waals surface area contributed by atoms with Crippen molar-refractivity contribution in [2.24, 2.45) is 5.92 Å². The summed E-state index contributed by atoms with van der Waals surface area (Å²) in [5.74, 6) is 2.83. The van der Waals surface area contributed by atoms with Crippen molar-refractivity contribution in [2.45, 2.75) is 27.2 Å². The zero-order chi connectivity index (χ0) is 11.5. The van der Waals surface area contributed by atoms with Crippen LogP contribution in [0, 0.1) is 12.8 Å². The fourth-order valence-electron chi connectivity index (χ4n) is 2.23. The highest BCUT2D eigenvalue weighted by molar-refractivity contribution is 5.58. The molecule has 2 heterocycles. The fourth-order valence-corrected chi connectivity index (χ4v) is 2.23. The van der Waals surface area contributed by atoms with Gasteiger partial charge in [-0.15, -0.1) is 0 Å². The van der Waals surface area contributed by atoms with Crippen molar-refractivity contribution in [3.63, 3.8) is 0 Å². The molecule has 0 radical (unpaired) electrons. The topological polar surface area (TPSA) is 41.1 Å². The van der Waals surface area contributed by atoms with E-state index >= 15 is 0 Å². The second kappa shape index (κ2) is 4.68. The van der Waals surface area contributed by atoms with Gasteiger partial charge in [-0.1, -0.05) is 6.92 Å². The second-order valence-electron chi connectivity index (χ2n) is 4.54. The molecule has 1 unspecified atom stereocenters. The molecule has 16 heavy (non-hydrogen) atoms. The highest BCUT2D eigenvalue weighted by atomic mass is 15.2. The fraction of sp³-hybridized carbons (Fsp3) is 0.667. The molecule has 4 heteroatoms. The van der Waals surface area contributed by atoms with Gasteiger partial charge in [0.05, 0.1) is 0 Å². The van der Waals surface area contributed by atoms with Crippen LogP contribution in [0.25, 0.3) is 0 Å². The minimum absolute atomic E-state index is 0.775. The molecule has 0 aliphatic carbocycles. The van der Waals surface area contributed by atoms with Crippen LogP contribution in [0.1, 0.15) is 25.8 Å². The molecule has 1 fully saturated rings. The summed E-state index contributed by atoms with van der Waals surface area (Å²) in [5, 5.41) is 3.27. The minimum Gasteiger partial charge on any atom is -0.370 e. The largest absolute Gasteiger partial charge is 0.370 e. The monoisotopic (exact) mass is 220 g/mol. The normalized spacial score (nSPS) is 20.2. The van der Waals surface area contributed by atoms with Crippen molar-refractivity contribution in [3.05, 3.63) is 11.9 Å². The van der Waals surface area contributed by atoms with Crippen LogP contribution in [-0.4, -0.2) is 29.6 Å². The Bertz CT molecular complexity index is 364. The molecular weight excluding hydrogens is 200 g/mol. The summed E-state index contributed by atoms with van der Waals surface area (Å²) in [4.78, 5) is 11.0. The maximum absolute atomic E-state index is 4.41. The van der Waals surface area contributed by atoms with E-state index in [1.54, 1.807) is 6.33 Å². The summed E-state index contributed by atoms with van der Waals surface area (Å²) in [5.41, 5.74) is 1.17. The molecule has 88 valence electrons. The van der Waals surface area contributed by atoms with Crippen LogP contribution >= 0.6 is 0 Å². The Morgan fingerprint density at radius 3 is 2.94 bits per heavy atom. The quantitative estimate of drug-likeness (QED) is 0.846. The van der Waals surface area contributed by atoms with Crippen LogP contribution in [0.15, 0.2) is 6.33 Å². The molecule has 4 nitrogen and oxygen atoms in total. The maximum atomic E-state index is 4.41. The Morgan fingerprint density at radius 2 is 2.31 bits per heavy atom. The number of hydrogen-bond donors (Lipinski definition) is 1. The summed E-state index contributed by atoms with van der Waals surface area (Å²) >= 11 is 0. The van der Waals surface area contributed by atoms with Crippen molar-refractivity contribution in [2.75, 3.05) is 29.9 Å². The number of aromatic nitrogens is 2. The van der Waals surface area contributed by atoms with Crippen molar-refractivity contribution >= 4 is 11.6 Å². The van der Waals surface area contributed by atoms with Gasteiger partial charge in [-0.25, -0.2) is 9.97 Å². The van der Waals surface area contributed by atoms with Gasteiger partial charge in [0.25, 0.3) is 0 Å². The van der Waals surface area contributed by atoms with E-state index < -0.39 is 0 Å². The average molecular weight is 220 g/mol. The first kappa shape index (κ1) is 11.2. The number of hydrogen-bond acceptors (Lipinski definition) is 4. The molecule has 2 rings (SSSR count). The molecule has 1 aromatic rings. The van der Waals surface area contributed by atoms with Crippen molar-refractivity contribution in [1.82, 2.24) is 9.97 Å². The summed E-state index contributed by atoms with van der Waals surface area (Å²) < 4.78 is 0. The molecule has 0 spiro atoms. The van der Waals surface area contributed by atoms with Gasteiger partial charge in [-0.3, -0.25) is 0 Å². The van der Waals surface area contributed by atoms with Crippen LogP contribution in [-0.2, 0) is 0 Å². The van der Waals surface area contributed by atoms with Gasteiger partial charge in [0, 0.05) is 25.2 Å². The Kier molecular flexibility index (Phi) is 3.27. The van der Waals surface area contributed by atoms with E-state index in [0.717, 1.165) is 37.2 Å². The molecule has 1 aliphatic rings. The minimum atomic E-state index is 0.775. The van der Waals surface area contributed by atoms with E-state index in [-0.39, 0.29) is 0 Å². The lowest BCUT2D eigenvalue weighted by atomic mass is 10.2. The Morgan fingerprint density at radius 1 is 1.50 bits per heavy atom. The van der Waals surface area contributed by atoms with Crippen molar-refractivity contribution in [1.29, 1.82) is 0 Å². The Hall–Kier alpha value is -1.32. The van der Waals surface area contributed by atoms with Crippen LogP contribution < -0.4 is 10.2 Å². The lowest BCUT2D eigenvalue weighted by Crippen LogP contribution is -2.22. The van der Waals surface area contributed by atoms with E-state index in [4.69, 9.17) is 0 Å². The smallest absolute Gasteiger partial charge is 0.137 e. The first-order valence-corrected chi connectivity index (χ1v) is 6.02. The Balaban J connectivity index is 2.23. The van der Waals surface area contributed by atoms with E-state index in [1.165, 1.54) is 12.0 Å². The molecular formula is C12H20N4. The lowest BCUT2D eigenvalue weighted by molar-refractivity contribution is 0.658. The van der Waals surface area contributed by atoms with Crippen molar-refractivity contribution in [3.8, 4) is 0 Å². The third-order valence-electron chi connectivity index (χ3n) is 3.13. The van der Waals surface area contributed by atoms with Crippen LogP contribution in [0.4, 0.5) is 11.6 Å². The predicted molar refractivity (Wildman–Crippen MR) is 66.9 cm³/mol. The van der Waals surface area contributed by atoms with Crippen LogP contribution in [0.3, 0.4) is 0 Å². The summed E-state index contributed by atoms with van der Waals surface area (Å²) in [6, 6.07) is 0. The summed E-state index contributed by atoms with van der Waals surface area (Å²) in [7, 11) is 0. The molecule has 0 amide bonds. The SMILES string of the molecule is CCNc1ncnc(N2CCC(C)C2)c1C. The third kappa shape index (κ3) is 2.10. The van der Waals surface area contributed by atoms with E-state index in [9.17, 15) is 0 Å². The number of anilines is 2. The average Bonchev–Trinajstić information content (AvgIpc) is 2.68. The Labute approximate surface area is 97.1 Å². The molecule has 1 N–H and O–H groups in total. The highest BCUT2D eigenvalue weighted by Crippen LogP contribution is 2.27. The van der Waals surface area contributed by atoms with Gasteiger partial charge < -0.3 is 10.2 Å². The predicted octanol–water partition coefficient (Wildman–Crippen LogP) is 2.06. The van der Waals surface area contributed by atoms with E-state index in [1.807, 2.05) is 0 Å². The summed E-state index contributed by atoms with van der Waals surface area (Å²) in [6.45, 7) is 9.60. The van der Waals surface area contributed by atoms with E-state index in [0.29, 0.717) is 0 Å². The molecule has 1 atom stereocenters. The standard InChI is InChI=1S/C12H20N4/c1-4-13-11-10(3)12(15-8-14-11)16-6-5-9(2)7-16/h8-9H,4-7H2,1-3H3,(H,13,14,15). The zero-order valence-electron chi connectivity index (χ0n) is 10.3. The van der Waals surface area contributed by atoms with Gasteiger partial charge in [0.15, 0.2) is 0 Å². The van der Waals surface area contributed by atoms with E-state index in [2.05, 4.69) is 41.0 Å². The maximum Gasteiger partial charge on any atom is 0.137 e. The van der Waals surface area contributed by atoms with Gasteiger partial charge in [0.2, 0.25) is 0 Å². The second-order valence-corrected chi connectivity index (χ2v) is 4.54. The summed E-state index contributed by atoms with van der Waals surface area (Å²) in [6.07, 6.45) is 2.92.